The highest BCUT2D eigenvalue weighted by Gasteiger charge is 2.32. The molecule has 3 aliphatic rings. The molecule has 9 nitrogen and oxygen atoms in total. The van der Waals surface area contributed by atoms with Crippen LogP contribution in [0.2, 0.25) is 0 Å². The van der Waals surface area contributed by atoms with E-state index >= 15 is 0 Å². The van der Waals surface area contributed by atoms with Gasteiger partial charge in [0.05, 0.1) is 18.9 Å². The first-order valence-corrected chi connectivity index (χ1v) is 8.68. The first-order valence-electron chi connectivity index (χ1n) is 8.68. The van der Waals surface area contributed by atoms with Crippen LogP contribution in [0, 0.1) is 9.81 Å². The van der Waals surface area contributed by atoms with Crippen LogP contribution < -0.4 is 5.32 Å². The number of hydrogen-bond acceptors (Lipinski definition) is 9. The number of rotatable bonds is 4. The maximum absolute atomic E-state index is 10.9. The molecule has 0 aromatic heterocycles. The Morgan fingerprint density at radius 1 is 1.22 bits per heavy atom. The zero-order valence-electron chi connectivity index (χ0n) is 14.5. The highest BCUT2D eigenvalue weighted by Crippen LogP contribution is 2.25. The third-order valence-corrected chi connectivity index (χ3v) is 4.57. The van der Waals surface area contributed by atoms with Gasteiger partial charge in [-0.25, -0.2) is 9.98 Å². The average Bonchev–Trinajstić information content (AvgIpc) is 2.73. The van der Waals surface area contributed by atoms with E-state index in [9.17, 15) is 9.81 Å². The summed E-state index contributed by atoms with van der Waals surface area (Å²) in [6.45, 7) is 2.82. The van der Waals surface area contributed by atoms with Gasteiger partial charge in [0, 0.05) is 24.9 Å². The van der Waals surface area contributed by atoms with E-state index in [1.807, 2.05) is 12.1 Å². The maximum atomic E-state index is 10.9. The van der Waals surface area contributed by atoms with Gasteiger partial charge >= 0.3 is 0 Å². The standard InChI is InChI=1S/C18H18N6O3/c25-20-11-12-8-15-16(19-10-12)18(24-4-6-27-7-5-24)22-17(21-15)13-2-1-3-14(9-13)23-26/h1-3,8-10,16,19H,4-7,11H2. The van der Waals surface area contributed by atoms with Crippen LogP contribution in [0.25, 0.3) is 0 Å². The molecule has 0 radical (unpaired) electrons. The lowest BCUT2D eigenvalue weighted by molar-refractivity contribution is 0.0668. The molecule has 138 valence electrons. The number of aliphatic imine (C=N–C) groups is 2. The van der Waals surface area contributed by atoms with Gasteiger partial charge in [0.15, 0.2) is 5.84 Å². The molecule has 1 aromatic carbocycles. The van der Waals surface area contributed by atoms with Gasteiger partial charge in [0.25, 0.3) is 0 Å². The predicted molar refractivity (Wildman–Crippen MR) is 102 cm³/mol. The number of nitrogens with zero attached hydrogens (tertiary/aromatic N) is 5. The van der Waals surface area contributed by atoms with Crippen LogP contribution >= 0.6 is 0 Å². The van der Waals surface area contributed by atoms with Crippen LogP contribution in [-0.2, 0) is 4.74 Å². The number of amidine groups is 2. The van der Waals surface area contributed by atoms with Gasteiger partial charge in [0.2, 0.25) is 0 Å². The van der Waals surface area contributed by atoms with Crippen molar-refractivity contribution in [2.75, 3.05) is 32.8 Å². The Morgan fingerprint density at radius 3 is 2.85 bits per heavy atom. The Hall–Kier alpha value is -3.20. The molecule has 27 heavy (non-hydrogen) atoms. The van der Waals surface area contributed by atoms with E-state index in [4.69, 9.17) is 9.73 Å². The largest absolute Gasteiger partial charge is 0.378 e. The zero-order chi connectivity index (χ0) is 18.6. The van der Waals surface area contributed by atoms with E-state index in [0.29, 0.717) is 30.3 Å². The van der Waals surface area contributed by atoms with Crippen LogP contribution in [0.4, 0.5) is 5.69 Å². The summed E-state index contributed by atoms with van der Waals surface area (Å²) in [5.74, 6) is 1.35. The summed E-state index contributed by atoms with van der Waals surface area (Å²) in [5.41, 5.74) is 2.54. The molecule has 0 aliphatic carbocycles. The number of benzene rings is 1. The Kier molecular flexibility index (Phi) is 4.84. The predicted octanol–water partition coefficient (Wildman–Crippen LogP) is 2.08. The molecule has 1 N–H and O–H groups in total. The number of morpholine rings is 1. The van der Waals surface area contributed by atoms with Crippen LogP contribution in [-0.4, -0.2) is 55.5 Å². The van der Waals surface area contributed by atoms with E-state index in [1.165, 1.54) is 0 Å². The van der Waals surface area contributed by atoms with Gasteiger partial charge < -0.3 is 15.0 Å². The minimum absolute atomic E-state index is 0.0721. The molecular weight excluding hydrogens is 348 g/mol. The smallest absolute Gasteiger partial charge is 0.161 e. The third kappa shape index (κ3) is 3.54. The molecule has 9 heteroatoms. The number of hydrogen-bond donors (Lipinski definition) is 1. The molecular formula is C18H18N6O3. The molecule has 1 unspecified atom stereocenters. The van der Waals surface area contributed by atoms with Crippen molar-refractivity contribution in [2.24, 2.45) is 20.3 Å². The van der Waals surface area contributed by atoms with E-state index in [1.54, 1.807) is 24.4 Å². The first kappa shape index (κ1) is 17.2. The number of nitrogens with one attached hydrogen (secondary N) is 1. The summed E-state index contributed by atoms with van der Waals surface area (Å²) in [6.07, 6.45) is 3.64. The molecule has 1 saturated heterocycles. The Bertz CT molecular complexity index is 883. The summed E-state index contributed by atoms with van der Waals surface area (Å²) in [6, 6.07) is 6.68. The molecule has 0 bridgehead atoms. The van der Waals surface area contributed by atoms with Crippen LogP contribution in [0.3, 0.4) is 0 Å². The maximum Gasteiger partial charge on any atom is 0.161 e. The average molecular weight is 366 g/mol. The van der Waals surface area contributed by atoms with Crippen LogP contribution in [0.15, 0.2) is 68.2 Å². The van der Waals surface area contributed by atoms with Crippen molar-refractivity contribution >= 4 is 17.4 Å². The van der Waals surface area contributed by atoms with E-state index in [0.717, 1.165) is 30.2 Å². The summed E-state index contributed by atoms with van der Waals surface area (Å²) in [4.78, 5) is 33.1. The fraction of sp³-hybridized carbons (Fsp3) is 0.333. The number of ether oxygens (including phenoxy) is 1. The van der Waals surface area contributed by atoms with Gasteiger partial charge in [-0.3, -0.25) is 0 Å². The second-order valence-electron chi connectivity index (χ2n) is 6.32. The van der Waals surface area contributed by atoms with Gasteiger partial charge in [-0.2, -0.15) is 4.91 Å². The monoisotopic (exact) mass is 366 g/mol. The van der Waals surface area contributed by atoms with Crippen molar-refractivity contribution in [1.29, 1.82) is 0 Å². The van der Waals surface area contributed by atoms with Crippen LogP contribution in [0.1, 0.15) is 5.56 Å². The summed E-state index contributed by atoms with van der Waals surface area (Å²) < 4.78 is 5.45. The number of nitroso groups, excluding NO2 is 2. The lowest BCUT2D eigenvalue weighted by Gasteiger charge is -2.36. The molecule has 0 saturated carbocycles. The van der Waals surface area contributed by atoms with Crippen molar-refractivity contribution < 1.29 is 4.74 Å². The van der Waals surface area contributed by atoms with Crippen LogP contribution in [0.5, 0.6) is 0 Å². The van der Waals surface area contributed by atoms with Gasteiger partial charge in [-0.05, 0) is 29.0 Å². The highest BCUT2D eigenvalue weighted by molar-refractivity contribution is 6.11. The quantitative estimate of drug-likeness (QED) is 0.821. The second kappa shape index (κ2) is 7.58. The molecule has 3 heterocycles. The zero-order valence-corrected chi connectivity index (χ0v) is 14.5. The first-order chi connectivity index (χ1) is 13.3. The fourth-order valence-electron chi connectivity index (χ4n) is 3.26. The Labute approximate surface area is 155 Å². The van der Waals surface area contributed by atoms with Crippen molar-refractivity contribution in [1.82, 2.24) is 10.2 Å². The fourth-order valence-corrected chi connectivity index (χ4v) is 3.26. The Morgan fingerprint density at radius 2 is 2.07 bits per heavy atom. The molecule has 4 rings (SSSR count). The number of fused-ring (bicyclic) bond motifs is 1. The molecule has 1 aromatic rings. The van der Waals surface area contributed by atoms with Crippen molar-refractivity contribution in [3.63, 3.8) is 0 Å². The SMILES string of the molecule is O=NCC1=CNC2C(=C1)N=C(c1cccc(N=O)c1)N=C2N1CCOCC1. The molecule has 1 fully saturated rings. The minimum Gasteiger partial charge on any atom is -0.378 e. The summed E-state index contributed by atoms with van der Waals surface area (Å²) in [7, 11) is 0. The van der Waals surface area contributed by atoms with Crippen molar-refractivity contribution in [2.45, 2.75) is 6.04 Å². The van der Waals surface area contributed by atoms with Crippen molar-refractivity contribution in [3.05, 3.63) is 63.2 Å². The molecule has 0 spiro atoms. The normalized spacial score (nSPS) is 21.8. The van der Waals surface area contributed by atoms with Crippen molar-refractivity contribution in [3.8, 4) is 0 Å². The summed E-state index contributed by atoms with van der Waals surface area (Å²) >= 11 is 0. The van der Waals surface area contributed by atoms with E-state index in [-0.39, 0.29) is 12.6 Å². The second-order valence-corrected chi connectivity index (χ2v) is 6.32. The molecule has 1 atom stereocenters. The molecule has 3 aliphatic heterocycles. The van der Waals surface area contributed by atoms with Gasteiger partial charge in [0.1, 0.15) is 24.1 Å². The highest BCUT2D eigenvalue weighted by atomic mass is 16.5. The molecule has 0 amide bonds. The van der Waals surface area contributed by atoms with E-state index < -0.39 is 0 Å². The van der Waals surface area contributed by atoms with E-state index in [2.05, 4.69) is 25.6 Å². The lowest BCUT2D eigenvalue weighted by atomic mass is 10.0. The van der Waals surface area contributed by atoms with Gasteiger partial charge in [-0.15, -0.1) is 4.91 Å². The third-order valence-electron chi connectivity index (χ3n) is 4.57. The topological polar surface area (TPSA) is 108 Å². The Balaban J connectivity index is 1.75. The lowest BCUT2D eigenvalue weighted by Crippen LogP contribution is -2.52. The summed E-state index contributed by atoms with van der Waals surface area (Å²) in [5, 5.41) is 9.22. The van der Waals surface area contributed by atoms with Gasteiger partial charge in [-0.1, -0.05) is 17.3 Å². The minimum atomic E-state index is -0.199. The number of dihydropyridines is 1.